The highest BCUT2D eigenvalue weighted by molar-refractivity contribution is 4.98. The van der Waals surface area contributed by atoms with Crippen LogP contribution in [0.2, 0.25) is 0 Å². The summed E-state index contributed by atoms with van der Waals surface area (Å²) in [5.74, 6) is -8.49. The Hall–Kier alpha value is -0.400. The largest absolute Gasteiger partial charge is 0.300 e. The van der Waals surface area contributed by atoms with Crippen molar-refractivity contribution in [3.05, 3.63) is 0 Å². The van der Waals surface area contributed by atoms with Crippen molar-refractivity contribution in [2.75, 3.05) is 39.3 Å². The molecule has 0 N–H and O–H groups in total. The average Bonchev–Trinajstić information content (AvgIpc) is 2.89. The summed E-state index contributed by atoms with van der Waals surface area (Å²) in [6.45, 7) is 26.0. The molecule has 4 aliphatic rings. The van der Waals surface area contributed by atoms with Crippen LogP contribution in [-0.2, 0) is 0 Å². The molecule has 1 aliphatic carbocycles. The van der Waals surface area contributed by atoms with E-state index in [1.807, 2.05) is 65.2 Å². The molecule has 1 saturated carbocycles. The Morgan fingerprint density at radius 2 is 1.10 bits per heavy atom. The fraction of sp³-hybridized carbons (Fsp3) is 1.00. The molecule has 3 aliphatic heterocycles. The molecule has 3 heterocycles. The van der Waals surface area contributed by atoms with Crippen molar-refractivity contribution < 1.29 is 17.6 Å². The minimum atomic E-state index is -2.87. The van der Waals surface area contributed by atoms with Crippen molar-refractivity contribution in [1.82, 2.24) is 14.7 Å². The van der Waals surface area contributed by atoms with Crippen LogP contribution in [0, 0.1) is 23.2 Å². The minimum Gasteiger partial charge on any atom is -0.300 e. The molecule has 0 aromatic carbocycles. The maximum Gasteiger partial charge on any atom is 0.255 e. The van der Waals surface area contributed by atoms with E-state index in [9.17, 15) is 17.6 Å². The van der Waals surface area contributed by atoms with E-state index in [4.69, 9.17) is 0 Å². The molecule has 240 valence electrons. The van der Waals surface area contributed by atoms with Crippen LogP contribution in [0.25, 0.3) is 0 Å². The van der Waals surface area contributed by atoms with Gasteiger partial charge in [-0.05, 0) is 66.2 Å². The quantitative estimate of drug-likeness (QED) is 0.301. The van der Waals surface area contributed by atoms with Crippen LogP contribution in [-0.4, -0.2) is 83.9 Å². The van der Waals surface area contributed by atoms with Gasteiger partial charge in [0.1, 0.15) is 0 Å². The fourth-order valence-electron chi connectivity index (χ4n) is 6.87. The molecule has 0 aromatic heterocycles. The number of hydrogen-bond donors (Lipinski definition) is 0. The van der Waals surface area contributed by atoms with E-state index in [2.05, 4.69) is 18.7 Å². The van der Waals surface area contributed by atoms with E-state index in [-0.39, 0.29) is 38.0 Å². The van der Waals surface area contributed by atoms with Crippen LogP contribution in [0.15, 0.2) is 0 Å². The lowest BCUT2D eigenvalue weighted by Gasteiger charge is -2.54. The highest BCUT2D eigenvalue weighted by atomic mass is 19.3. The lowest BCUT2D eigenvalue weighted by Crippen LogP contribution is -2.59. The van der Waals surface area contributed by atoms with E-state index in [1.165, 1.54) is 45.2 Å². The van der Waals surface area contributed by atoms with Gasteiger partial charge in [-0.15, -0.1) is 0 Å². The number of nitrogens with zero attached hydrogens (tertiary/aromatic N) is 3. The molecular formula is C33H65F4N3. The summed E-state index contributed by atoms with van der Waals surface area (Å²) in [7, 11) is 0. The van der Waals surface area contributed by atoms with Crippen LogP contribution in [0.3, 0.4) is 0 Å². The Balaban J connectivity index is 0.000000416. The smallest absolute Gasteiger partial charge is 0.255 e. The molecule has 3 nitrogen and oxygen atoms in total. The van der Waals surface area contributed by atoms with Gasteiger partial charge in [0.15, 0.2) is 0 Å². The first-order valence-electron chi connectivity index (χ1n) is 16.6. The number of rotatable bonds is 5. The summed E-state index contributed by atoms with van der Waals surface area (Å²) in [5.41, 5.74) is 0.780. The van der Waals surface area contributed by atoms with Crippen molar-refractivity contribution in [3.8, 4) is 0 Å². The zero-order valence-electron chi connectivity index (χ0n) is 28.0. The maximum atomic E-state index is 14.7. The molecule has 4 rings (SSSR count). The van der Waals surface area contributed by atoms with Crippen LogP contribution in [0.5, 0.6) is 0 Å². The second-order valence-electron chi connectivity index (χ2n) is 13.4. The molecular weight excluding hydrogens is 514 g/mol. The van der Waals surface area contributed by atoms with E-state index < -0.39 is 29.6 Å². The zero-order chi connectivity index (χ0) is 30.9. The summed E-state index contributed by atoms with van der Waals surface area (Å²) in [4.78, 5) is 6.62. The SMILES string of the molecule is CC.CC.CC(C)N1CC2(CCCCC2)C1.CC(C)N1CCC(F)(F)C(CC2CN(C(C)C)CC(C)C2(F)F)C1. The topological polar surface area (TPSA) is 9.72 Å². The number of hydrogen-bond acceptors (Lipinski definition) is 3. The van der Waals surface area contributed by atoms with Gasteiger partial charge in [0.05, 0.1) is 0 Å². The van der Waals surface area contributed by atoms with Gasteiger partial charge in [0, 0.05) is 81.6 Å². The maximum absolute atomic E-state index is 14.7. The highest BCUT2D eigenvalue weighted by Gasteiger charge is 2.53. The van der Waals surface area contributed by atoms with Crippen molar-refractivity contribution in [2.24, 2.45) is 23.2 Å². The molecule has 40 heavy (non-hydrogen) atoms. The molecule has 3 atom stereocenters. The average molecular weight is 580 g/mol. The normalized spacial score (nSPS) is 30.0. The summed E-state index contributed by atoms with van der Waals surface area (Å²) in [5, 5.41) is 0. The first-order chi connectivity index (χ1) is 18.7. The van der Waals surface area contributed by atoms with Gasteiger partial charge in [-0.3, -0.25) is 9.80 Å². The predicted octanol–water partition coefficient (Wildman–Crippen LogP) is 9.07. The Morgan fingerprint density at radius 3 is 1.57 bits per heavy atom. The number of piperidine rings is 2. The zero-order valence-corrected chi connectivity index (χ0v) is 28.0. The molecule has 1 spiro atoms. The predicted molar refractivity (Wildman–Crippen MR) is 164 cm³/mol. The molecule has 4 fully saturated rings. The first-order valence-corrected chi connectivity index (χ1v) is 16.6. The first kappa shape index (κ1) is 37.6. The lowest BCUT2D eigenvalue weighted by atomic mass is 9.68. The van der Waals surface area contributed by atoms with Crippen LogP contribution >= 0.6 is 0 Å². The van der Waals surface area contributed by atoms with E-state index >= 15 is 0 Å². The van der Waals surface area contributed by atoms with Gasteiger partial charge in [-0.1, -0.05) is 53.9 Å². The van der Waals surface area contributed by atoms with Gasteiger partial charge >= 0.3 is 0 Å². The Kier molecular flexibility index (Phi) is 15.5. The fourth-order valence-corrected chi connectivity index (χ4v) is 6.87. The standard InChI is InChI=1S/C18H32F4N2.C11H21N.2C2H6/c1-12(2)23-7-6-17(19,20)15(10-23)8-16-11-24(13(3)4)9-14(5)18(16,21)22;1-10(2)12-8-11(9-12)6-4-3-5-7-11;2*1-2/h12-16H,6-11H2,1-5H3;10H,3-9H2,1-2H3;2*1-2H3. The Morgan fingerprint density at radius 1 is 0.625 bits per heavy atom. The van der Waals surface area contributed by atoms with Gasteiger partial charge in [0.25, 0.3) is 11.8 Å². The third-order valence-corrected chi connectivity index (χ3v) is 9.70. The molecule has 0 radical (unpaired) electrons. The summed E-state index contributed by atoms with van der Waals surface area (Å²) in [6.07, 6.45) is 7.17. The molecule has 3 unspecified atom stereocenters. The molecule has 0 aromatic rings. The Labute approximate surface area is 245 Å². The molecule has 7 heteroatoms. The van der Waals surface area contributed by atoms with E-state index in [1.54, 1.807) is 6.92 Å². The second kappa shape index (κ2) is 16.4. The third kappa shape index (κ3) is 9.82. The molecule has 0 bridgehead atoms. The van der Waals surface area contributed by atoms with E-state index in [0.717, 1.165) is 11.5 Å². The number of alkyl halides is 4. The van der Waals surface area contributed by atoms with E-state index in [0.29, 0.717) is 13.1 Å². The van der Waals surface area contributed by atoms with Crippen molar-refractivity contribution in [2.45, 2.75) is 151 Å². The monoisotopic (exact) mass is 580 g/mol. The van der Waals surface area contributed by atoms with Crippen LogP contribution in [0.1, 0.15) is 121 Å². The number of likely N-dealkylation sites (tertiary alicyclic amines) is 3. The summed E-state index contributed by atoms with van der Waals surface area (Å²) in [6, 6.07) is 1.10. The molecule has 3 saturated heterocycles. The van der Waals surface area contributed by atoms with Gasteiger partial charge in [0.2, 0.25) is 0 Å². The van der Waals surface area contributed by atoms with Gasteiger partial charge in [-0.2, -0.15) is 0 Å². The second-order valence-corrected chi connectivity index (χ2v) is 13.4. The highest BCUT2D eigenvalue weighted by Crippen LogP contribution is 2.46. The lowest BCUT2D eigenvalue weighted by molar-refractivity contribution is -0.175. The summed E-state index contributed by atoms with van der Waals surface area (Å²) >= 11 is 0. The van der Waals surface area contributed by atoms with Crippen molar-refractivity contribution >= 4 is 0 Å². The van der Waals surface area contributed by atoms with Gasteiger partial charge in [-0.25, -0.2) is 17.6 Å². The van der Waals surface area contributed by atoms with Crippen LogP contribution in [0.4, 0.5) is 17.6 Å². The van der Waals surface area contributed by atoms with Crippen molar-refractivity contribution in [3.63, 3.8) is 0 Å². The molecule has 0 amide bonds. The van der Waals surface area contributed by atoms with Crippen molar-refractivity contribution in [1.29, 1.82) is 0 Å². The Bertz CT molecular complexity index is 683. The van der Waals surface area contributed by atoms with Crippen LogP contribution < -0.4 is 0 Å². The van der Waals surface area contributed by atoms with Gasteiger partial charge < -0.3 is 4.90 Å². The number of halogens is 4. The summed E-state index contributed by atoms with van der Waals surface area (Å²) < 4.78 is 58.1. The minimum absolute atomic E-state index is 0.100. The third-order valence-electron chi connectivity index (χ3n) is 9.70.